The summed E-state index contributed by atoms with van der Waals surface area (Å²) in [7, 11) is 0. The Morgan fingerprint density at radius 1 is 1.10 bits per heavy atom. The summed E-state index contributed by atoms with van der Waals surface area (Å²) in [4.78, 5) is 37.2. The third kappa shape index (κ3) is 5.02. The molecule has 3 aliphatic heterocycles. The van der Waals surface area contributed by atoms with Crippen molar-refractivity contribution in [1.29, 1.82) is 0 Å². The average Bonchev–Trinajstić information content (AvgIpc) is 3.14. The third-order valence-electron chi connectivity index (χ3n) is 7.30. The molecule has 0 atom stereocenters. The summed E-state index contributed by atoms with van der Waals surface area (Å²) in [5.41, 5.74) is 13.5. The van der Waals surface area contributed by atoms with E-state index in [1.165, 1.54) is 12.4 Å². The van der Waals surface area contributed by atoms with E-state index in [1.807, 2.05) is 62.4 Å². The molecule has 6 rings (SSSR count). The minimum Gasteiger partial charge on any atom is -0.383 e. The maximum absolute atomic E-state index is 14.0. The molecule has 0 saturated carbocycles. The summed E-state index contributed by atoms with van der Waals surface area (Å²) in [6.45, 7) is 6.21. The maximum atomic E-state index is 14.0. The van der Waals surface area contributed by atoms with Crippen LogP contribution in [0.1, 0.15) is 16.8 Å². The highest BCUT2D eigenvalue weighted by molar-refractivity contribution is 6.28. The van der Waals surface area contributed by atoms with E-state index >= 15 is 0 Å². The Labute approximate surface area is 236 Å². The molecule has 0 unspecified atom stereocenters. The molecule has 2 bridgehead atoms. The van der Waals surface area contributed by atoms with Crippen molar-refractivity contribution in [1.82, 2.24) is 14.5 Å². The molecule has 2 N–H and O–H groups in total. The first-order valence-corrected chi connectivity index (χ1v) is 13.4. The second kappa shape index (κ2) is 10.8. The van der Waals surface area contributed by atoms with Crippen LogP contribution in [-0.2, 0) is 16.1 Å². The number of para-hydroxylation sites is 1. The number of carbonyl (C=O) groups is 1. The van der Waals surface area contributed by atoms with E-state index in [1.54, 1.807) is 20.6 Å². The predicted molar refractivity (Wildman–Crippen MR) is 159 cm³/mol. The highest BCUT2D eigenvalue weighted by Gasteiger charge is 2.24. The summed E-state index contributed by atoms with van der Waals surface area (Å²) in [5.74, 6) is 0.453. The number of hydrogen-bond acceptors (Lipinski definition) is 8. The van der Waals surface area contributed by atoms with Gasteiger partial charge in [0.2, 0.25) is 5.91 Å². The van der Waals surface area contributed by atoms with Gasteiger partial charge in [-0.15, -0.1) is 0 Å². The summed E-state index contributed by atoms with van der Waals surface area (Å²) < 4.78 is 7.09. The van der Waals surface area contributed by atoms with Gasteiger partial charge in [-0.3, -0.25) is 14.2 Å². The number of nitrogens with zero attached hydrogens (tertiary/aromatic N) is 6. The van der Waals surface area contributed by atoms with Gasteiger partial charge in [0.15, 0.2) is 5.82 Å². The molecule has 206 valence electrons. The minimum atomic E-state index is -0.142. The number of pyridine rings is 1. The monoisotopic (exact) mass is 547 g/mol. The summed E-state index contributed by atoms with van der Waals surface area (Å²) in [6.07, 6.45) is 4.45. The van der Waals surface area contributed by atoms with Gasteiger partial charge >= 0.3 is 0 Å². The first-order chi connectivity index (χ1) is 19.9. The number of rotatable bonds is 5. The maximum Gasteiger partial charge on any atom is 0.263 e. The number of morpholine rings is 1. The summed E-state index contributed by atoms with van der Waals surface area (Å²) in [6, 6.07) is 15.6. The van der Waals surface area contributed by atoms with Crippen LogP contribution in [0.5, 0.6) is 0 Å². The van der Waals surface area contributed by atoms with Crippen molar-refractivity contribution < 1.29 is 9.53 Å². The predicted octanol–water partition coefficient (Wildman–Crippen LogP) is 2.96. The van der Waals surface area contributed by atoms with Crippen LogP contribution < -0.4 is 11.3 Å². The van der Waals surface area contributed by atoms with Crippen LogP contribution in [0.15, 0.2) is 97.7 Å². The van der Waals surface area contributed by atoms with Crippen molar-refractivity contribution >= 4 is 34.6 Å². The normalized spacial score (nSPS) is 16.8. The number of amides is 1. The van der Waals surface area contributed by atoms with Gasteiger partial charge in [-0.1, -0.05) is 42.1 Å². The highest BCUT2D eigenvalue weighted by atomic mass is 16.5. The fourth-order valence-corrected chi connectivity index (χ4v) is 5.18. The van der Waals surface area contributed by atoms with Gasteiger partial charge in [0, 0.05) is 24.9 Å². The smallest absolute Gasteiger partial charge is 0.263 e. The molecular weight excluding hydrogens is 518 g/mol. The number of fused-ring (bicyclic) bond motifs is 1. The molecule has 2 aromatic carbocycles. The lowest BCUT2D eigenvalue weighted by Gasteiger charge is -2.26. The zero-order chi connectivity index (χ0) is 28.5. The van der Waals surface area contributed by atoms with E-state index in [4.69, 9.17) is 15.6 Å². The van der Waals surface area contributed by atoms with Crippen LogP contribution in [0.2, 0.25) is 0 Å². The Morgan fingerprint density at radius 2 is 1.88 bits per heavy atom. The SMILES string of the molecule is Cc1ccccc1-n1c(CN2N=C(/C=C/C(=O)N3CCOCC3)C3=C=C2N=CN=C3N)cc2cccc(C)c2c1=O. The van der Waals surface area contributed by atoms with Crippen LogP contribution in [0, 0.1) is 13.8 Å². The number of aliphatic imine (C=N–C) groups is 2. The number of allylic oxidation sites excluding steroid dienone is 1. The first kappa shape index (κ1) is 26.2. The van der Waals surface area contributed by atoms with Crippen molar-refractivity contribution in [3.63, 3.8) is 0 Å². The second-order valence-electron chi connectivity index (χ2n) is 10.00. The van der Waals surface area contributed by atoms with Crippen molar-refractivity contribution in [3.05, 3.63) is 105 Å². The van der Waals surface area contributed by atoms with Crippen LogP contribution >= 0.6 is 0 Å². The zero-order valence-electron chi connectivity index (χ0n) is 22.9. The number of hydrogen-bond donors (Lipinski definition) is 1. The van der Waals surface area contributed by atoms with Crippen molar-refractivity contribution in [2.24, 2.45) is 20.8 Å². The molecule has 0 radical (unpaired) electrons. The molecule has 1 saturated heterocycles. The van der Waals surface area contributed by atoms with Crippen molar-refractivity contribution in [2.45, 2.75) is 20.4 Å². The highest BCUT2D eigenvalue weighted by Crippen LogP contribution is 2.25. The largest absolute Gasteiger partial charge is 0.383 e. The van der Waals surface area contributed by atoms with E-state index in [0.29, 0.717) is 54.5 Å². The lowest BCUT2D eigenvalue weighted by molar-refractivity contribution is -0.129. The summed E-state index contributed by atoms with van der Waals surface area (Å²) >= 11 is 0. The van der Waals surface area contributed by atoms with Gasteiger partial charge in [-0.2, -0.15) is 5.10 Å². The molecule has 10 heteroatoms. The number of hydrazone groups is 1. The molecule has 4 heterocycles. The lowest BCUT2D eigenvalue weighted by Crippen LogP contribution is -2.39. The Morgan fingerprint density at radius 3 is 2.68 bits per heavy atom. The number of amidine groups is 1. The van der Waals surface area contributed by atoms with E-state index in [0.717, 1.165) is 22.2 Å². The lowest BCUT2D eigenvalue weighted by atomic mass is 10.0. The zero-order valence-corrected chi connectivity index (χ0v) is 22.9. The molecule has 0 spiro atoms. The van der Waals surface area contributed by atoms with E-state index < -0.39 is 0 Å². The second-order valence-corrected chi connectivity index (χ2v) is 10.00. The van der Waals surface area contributed by atoms with Gasteiger partial charge in [-0.05, 0) is 48.6 Å². The van der Waals surface area contributed by atoms with Gasteiger partial charge in [0.25, 0.3) is 5.56 Å². The number of ether oxygens (including phenoxy) is 1. The molecular formula is C31H29N7O3. The van der Waals surface area contributed by atoms with Crippen LogP contribution in [0.4, 0.5) is 0 Å². The minimum absolute atomic E-state index is 0.107. The molecule has 0 aliphatic carbocycles. The fraction of sp³-hybridized carbons (Fsp3) is 0.226. The average molecular weight is 548 g/mol. The Hall–Kier alpha value is -5.05. The first-order valence-electron chi connectivity index (χ1n) is 13.4. The topological polar surface area (TPSA) is 118 Å². The van der Waals surface area contributed by atoms with Gasteiger partial charge in [-0.25, -0.2) is 15.0 Å². The van der Waals surface area contributed by atoms with Crippen molar-refractivity contribution in [3.8, 4) is 5.69 Å². The molecule has 10 nitrogen and oxygen atoms in total. The molecule has 1 fully saturated rings. The van der Waals surface area contributed by atoms with Gasteiger partial charge < -0.3 is 15.4 Å². The molecule has 41 heavy (non-hydrogen) atoms. The number of benzene rings is 2. The van der Waals surface area contributed by atoms with Gasteiger partial charge in [0.05, 0.1) is 36.4 Å². The summed E-state index contributed by atoms with van der Waals surface area (Å²) in [5, 5.41) is 7.98. The number of aryl methyl sites for hydroxylation is 2. The molecule has 3 aliphatic rings. The molecule has 3 aromatic rings. The van der Waals surface area contributed by atoms with Gasteiger partial charge in [0.1, 0.15) is 17.9 Å². The van der Waals surface area contributed by atoms with E-state index in [-0.39, 0.29) is 23.8 Å². The fourth-order valence-electron chi connectivity index (χ4n) is 5.18. The quantitative estimate of drug-likeness (QED) is 0.389. The van der Waals surface area contributed by atoms with Crippen LogP contribution in [0.25, 0.3) is 16.5 Å². The number of nitrogens with two attached hydrogens (primary N) is 1. The Kier molecular flexibility index (Phi) is 6.93. The van der Waals surface area contributed by atoms with Crippen molar-refractivity contribution in [2.75, 3.05) is 26.3 Å². The third-order valence-corrected chi connectivity index (χ3v) is 7.30. The number of carbonyl (C=O) groups excluding carboxylic acids is 1. The molecule has 1 aromatic heterocycles. The van der Waals surface area contributed by atoms with E-state index in [2.05, 4.69) is 15.7 Å². The Balaban J connectivity index is 1.45. The van der Waals surface area contributed by atoms with Crippen LogP contribution in [0.3, 0.4) is 0 Å². The van der Waals surface area contributed by atoms with Crippen LogP contribution in [-0.4, -0.2) is 64.6 Å². The van der Waals surface area contributed by atoms with E-state index in [9.17, 15) is 9.59 Å². The number of aromatic nitrogens is 1. The molecule has 1 amide bonds. The standard InChI is InChI=1S/C31H29N7O3/c1-20-6-3-4-9-26(20)38-23(16-22-8-5-7-21(2)29(22)31(38)40)18-37-27-17-24(30(32)34-19-33-27)25(35-37)10-11-28(39)36-12-14-41-15-13-36/h3-11,16,19H,12-15,18H2,1-2H3,(H2,32,33,34)/b11-10+. The Bertz CT molecular complexity index is 1820.